The Bertz CT molecular complexity index is 499. The topological polar surface area (TPSA) is 105 Å². The van der Waals surface area contributed by atoms with Crippen molar-refractivity contribution >= 4 is 23.8 Å². The van der Waals surface area contributed by atoms with Gasteiger partial charge in [-0.05, 0) is 33.6 Å². The number of esters is 1. The molecule has 1 aliphatic rings. The van der Waals surface area contributed by atoms with Crippen LogP contribution in [0.1, 0.15) is 47.5 Å². The van der Waals surface area contributed by atoms with E-state index in [1.807, 2.05) is 0 Å². The molecule has 1 heterocycles. The maximum absolute atomic E-state index is 12.4. The van der Waals surface area contributed by atoms with Crippen molar-refractivity contribution in [3.63, 3.8) is 0 Å². The van der Waals surface area contributed by atoms with Gasteiger partial charge < -0.3 is 15.4 Å². The van der Waals surface area contributed by atoms with Crippen LogP contribution in [-0.4, -0.2) is 52.9 Å². The maximum Gasteiger partial charge on any atom is 0.327 e. The molecule has 0 aliphatic carbocycles. The van der Waals surface area contributed by atoms with Gasteiger partial charge in [-0.1, -0.05) is 13.8 Å². The average molecular weight is 327 g/mol. The maximum atomic E-state index is 12.4. The Kier molecular flexibility index (Phi) is 6.12. The fraction of sp³-hybridized carbons (Fsp3) is 0.733. The third-order valence-electron chi connectivity index (χ3n) is 3.85. The van der Waals surface area contributed by atoms with Crippen LogP contribution in [0.4, 0.5) is 4.79 Å². The van der Waals surface area contributed by atoms with E-state index in [9.17, 15) is 19.2 Å². The van der Waals surface area contributed by atoms with Gasteiger partial charge in [-0.15, -0.1) is 0 Å². The first-order valence-electron chi connectivity index (χ1n) is 7.80. The van der Waals surface area contributed by atoms with Crippen LogP contribution in [0.15, 0.2) is 0 Å². The lowest BCUT2D eigenvalue weighted by Gasteiger charge is -2.23. The number of hydrogen-bond donors (Lipinski definition) is 2. The van der Waals surface area contributed by atoms with E-state index in [1.54, 1.807) is 27.7 Å². The first-order valence-corrected chi connectivity index (χ1v) is 7.80. The van der Waals surface area contributed by atoms with Crippen LogP contribution >= 0.6 is 0 Å². The first kappa shape index (κ1) is 18.9. The van der Waals surface area contributed by atoms with Gasteiger partial charge in [0.15, 0.2) is 6.10 Å². The monoisotopic (exact) mass is 327 g/mol. The highest BCUT2D eigenvalue weighted by Gasteiger charge is 2.49. The number of amides is 4. The Morgan fingerprint density at radius 2 is 1.78 bits per heavy atom. The second kappa shape index (κ2) is 7.43. The molecular formula is C15H25N3O5. The van der Waals surface area contributed by atoms with Gasteiger partial charge in [0.1, 0.15) is 12.1 Å². The molecule has 1 atom stereocenters. The van der Waals surface area contributed by atoms with E-state index in [-0.39, 0.29) is 6.04 Å². The minimum absolute atomic E-state index is 0.0793. The number of ether oxygens (including phenoxy) is 1. The second-order valence-electron chi connectivity index (χ2n) is 5.91. The smallest absolute Gasteiger partial charge is 0.327 e. The third-order valence-corrected chi connectivity index (χ3v) is 3.85. The molecule has 1 unspecified atom stereocenters. The fourth-order valence-electron chi connectivity index (χ4n) is 2.37. The molecule has 0 aromatic heterocycles. The zero-order valence-corrected chi connectivity index (χ0v) is 14.3. The molecule has 1 fully saturated rings. The highest BCUT2D eigenvalue weighted by atomic mass is 16.5. The lowest BCUT2D eigenvalue weighted by atomic mass is 9.93. The van der Waals surface area contributed by atoms with Gasteiger partial charge in [-0.2, -0.15) is 0 Å². The highest BCUT2D eigenvalue weighted by Crippen LogP contribution is 2.24. The van der Waals surface area contributed by atoms with E-state index in [0.717, 1.165) is 4.90 Å². The number of nitrogens with zero attached hydrogens (tertiary/aromatic N) is 1. The van der Waals surface area contributed by atoms with Crippen LogP contribution in [0.3, 0.4) is 0 Å². The van der Waals surface area contributed by atoms with Crippen molar-refractivity contribution in [2.75, 3.05) is 6.54 Å². The summed E-state index contributed by atoms with van der Waals surface area (Å²) < 4.78 is 4.98. The summed E-state index contributed by atoms with van der Waals surface area (Å²) in [5, 5.41) is 5.24. The summed E-state index contributed by atoms with van der Waals surface area (Å²) >= 11 is 0. The largest absolute Gasteiger partial charge is 0.451 e. The number of rotatable bonds is 7. The van der Waals surface area contributed by atoms with Crippen LogP contribution in [0.25, 0.3) is 0 Å². The minimum Gasteiger partial charge on any atom is -0.451 e. The molecule has 8 heteroatoms. The Morgan fingerprint density at radius 1 is 1.22 bits per heavy atom. The number of imide groups is 1. The molecule has 1 aliphatic heterocycles. The number of urea groups is 1. The van der Waals surface area contributed by atoms with Crippen LogP contribution < -0.4 is 10.6 Å². The molecule has 4 amide bonds. The Hall–Kier alpha value is -2.12. The van der Waals surface area contributed by atoms with Crippen LogP contribution in [0, 0.1) is 0 Å². The van der Waals surface area contributed by atoms with Gasteiger partial charge in [0.05, 0.1) is 0 Å². The fourth-order valence-corrected chi connectivity index (χ4v) is 2.37. The molecule has 0 radical (unpaired) electrons. The van der Waals surface area contributed by atoms with Crippen molar-refractivity contribution in [1.82, 2.24) is 15.5 Å². The van der Waals surface area contributed by atoms with E-state index in [1.165, 1.54) is 6.92 Å². The van der Waals surface area contributed by atoms with Crippen molar-refractivity contribution in [3.05, 3.63) is 0 Å². The van der Waals surface area contributed by atoms with Crippen molar-refractivity contribution in [2.24, 2.45) is 0 Å². The van der Waals surface area contributed by atoms with Gasteiger partial charge in [0.25, 0.3) is 11.8 Å². The summed E-state index contributed by atoms with van der Waals surface area (Å²) in [6, 6.07) is -0.695. The van der Waals surface area contributed by atoms with E-state index in [4.69, 9.17) is 4.74 Å². The molecule has 0 aromatic rings. The number of carbonyl (C=O) groups excluding carboxylic acids is 4. The van der Waals surface area contributed by atoms with Crippen molar-refractivity contribution in [1.29, 1.82) is 0 Å². The molecule has 0 aromatic carbocycles. The Morgan fingerprint density at radius 3 is 2.22 bits per heavy atom. The Labute approximate surface area is 135 Å². The Balaban J connectivity index is 2.66. The summed E-state index contributed by atoms with van der Waals surface area (Å²) in [5.74, 6) is -1.67. The summed E-state index contributed by atoms with van der Waals surface area (Å²) in [6.45, 7) is 8.09. The van der Waals surface area contributed by atoms with Crippen molar-refractivity contribution < 1.29 is 23.9 Å². The normalized spacial score (nSPS) is 17.9. The molecule has 0 bridgehead atoms. The molecule has 0 saturated carbocycles. The number of hydrogen-bond acceptors (Lipinski definition) is 5. The lowest BCUT2D eigenvalue weighted by Crippen LogP contribution is -2.46. The van der Waals surface area contributed by atoms with E-state index in [0.29, 0.717) is 12.8 Å². The summed E-state index contributed by atoms with van der Waals surface area (Å²) in [6.07, 6.45) is -0.118. The quantitative estimate of drug-likeness (QED) is 0.525. The van der Waals surface area contributed by atoms with E-state index in [2.05, 4.69) is 10.6 Å². The van der Waals surface area contributed by atoms with E-state index < -0.39 is 42.0 Å². The van der Waals surface area contributed by atoms with Crippen LogP contribution in [-0.2, 0) is 19.1 Å². The zero-order valence-electron chi connectivity index (χ0n) is 14.3. The van der Waals surface area contributed by atoms with Crippen LogP contribution in [0.2, 0.25) is 0 Å². The third kappa shape index (κ3) is 4.20. The van der Waals surface area contributed by atoms with Gasteiger partial charge in [0.2, 0.25) is 0 Å². The number of nitrogens with one attached hydrogen (secondary N) is 2. The number of carbonyl (C=O) groups is 4. The van der Waals surface area contributed by atoms with Gasteiger partial charge in [-0.3, -0.25) is 19.3 Å². The van der Waals surface area contributed by atoms with E-state index >= 15 is 0 Å². The SMILES string of the molecule is CCC1(CC)NC(=O)N(CC(=O)OC(C)C(=O)NC(C)C)C1=O. The molecule has 23 heavy (non-hydrogen) atoms. The molecule has 8 nitrogen and oxygen atoms in total. The predicted molar refractivity (Wildman–Crippen MR) is 82.4 cm³/mol. The molecule has 1 rings (SSSR count). The molecular weight excluding hydrogens is 302 g/mol. The summed E-state index contributed by atoms with van der Waals surface area (Å²) in [4.78, 5) is 48.7. The molecule has 1 saturated heterocycles. The first-order chi connectivity index (χ1) is 10.7. The highest BCUT2D eigenvalue weighted by molar-refractivity contribution is 6.08. The van der Waals surface area contributed by atoms with Crippen molar-refractivity contribution in [3.8, 4) is 0 Å². The van der Waals surface area contributed by atoms with Crippen molar-refractivity contribution in [2.45, 2.75) is 65.1 Å². The molecule has 130 valence electrons. The van der Waals surface area contributed by atoms with Gasteiger partial charge >= 0.3 is 12.0 Å². The molecule has 0 spiro atoms. The minimum atomic E-state index is -0.993. The van der Waals surface area contributed by atoms with Gasteiger partial charge in [0, 0.05) is 6.04 Å². The lowest BCUT2D eigenvalue weighted by molar-refractivity contribution is -0.156. The van der Waals surface area contributed by atoms with Gasteiger partial charge in [-0.25, -0.2) is 4.79 Å². The predicted octanol–water partition coefficient (Wildman–Crippen LogP) is 0.553. The molecule has 2 N–H and O–H groups in total. The standard InChI is InChI=1S/C15H25N3O5/c1-6-15(7-2)13(21)18(14(22)17-15)8-11(19)23-10(5)12(20)16-9(3)4/h9-10H,6-8H2,1-5H3,(H,16,20)(H,17,22). The second-order valence-corrected chi connectivity index (χ2v) is 5.91. The average Bonchev–Trinajstić information content (AvgIpc) is 2.71. The zero-order chi connectivity index (χ0) is 17.8. The summed E-state index contributed by atoms with van der Waals surface area (Å²) in [7, 11) is 0. The summed E-state index contributed by atoms with van der Waals surface area (Å²) in [5.41, 5.74) is -0.960. The van der Waals surface area contributed by atoms with Crippen LogP contribution in [0.5, 0.6) is 0 Å².